The molecule has 0 saturated carbocycles. The van der Waals surface area contributed by atoms with Crippen molar-refractivity contribution < 1.29 is 14.7 Å². The zero-order valence-electron chi connectivity index (χ0n) is 14.1. The smallest absolute Gasteiger partial charge is 0.326 e. The third-order valence-corrected chi connectivity index (χ3v) is 5.62. The summed E-state index contributed by atoms with van der Waals surface area (Å²) in [4.78, 5) is 34.7. The summed E-state index contributed by atoms with van der Waals surface area (Å²) in [5, 5.41) is 11.5. The second-order valence-electron chi connectivity index (χ2n) is 6.27. The van der Waals surface area contributed by atoms with Crippen molar-refractivity contribution in [2.24, 2.45) is 0 Å². The summed E-state index contributed by atoms with van der Waals surface area (Å²) in [7, 11) is 0. The van der Waals surface area contributed by atoms with Crippen molar-refractivity contribution in [1.82, 2.24) is 14.9 Å². The molecular formula is C19H17N3O3S. The van der Waals surface area contributed by atoms with E-state index < -0.39 is 12.0 Å². The number of thiophene rings is 1. The highest BCUT2D eigenvalue weighted by Crippen LogP contribution is 2.34. The highest BCUT2D eigenvalue weighted by molar-refractivity contribution is 7.10. The van der Waals surface area contributed by atoms with Crippen molar-refractivity contribution in [3.8, 4) is 11.1 Å². The molecule has 0 spiro atoms. The SMILES string of the molecule is Cc1scc(C(=O)N2Cc3[nH]cnc3C[C@@H]2C(=O)O)c1-c1ccccc1. The first kappa shape index (κ1) is 16.5. The number of amides is 1. The first-order chi connectivity index (χ1) is 12.6. The van der Waals surface area contributed by atoms with Crippen LogP contribution in [0.5, 0.6) is 0 Å². The normalized spacial score (nSPS) is 16.3. The maximum atomic E-state index is 13.3. The molecule has 2 N–H and O–H groups in total. The third-order valence-electron chi connectivity index (χ3n) is 4.71. The Kier molecular flexibility index (Phi) is 4.08. The predicted octanol–water partition coefficient (Wildman–Crippen LogP) is 3.10. The van der Waals surface area contributed by atoms with Crippen LogP contribution in [0.1, 0.15) is 26.6 Å². The first-order valence-corrected chi connectivity index (χ1v) is 9.12. The fourth-order valence-electron chi connectivity index (χ4n) is 3.40. The molecule has 132 valence electrons. The van der Waals surface area contributed by atoms with Crippen molar-refractivity contribution in [1.29, 1.82) is 0 Å². The van der Waals surface area contributed by atoms with Crippen molar-refractivity contribution in [3.05, 3.63) is 63.9 Å². The van der Waals surface area contributed by atoms with Crippen LogP contribution in [0.2, 0.25) is 0 Å². The Bertz CT molecular complexity index is 977. The number of fused-ring (bicyclic) bond motifs is 1. The van der Waals surface area contributed by atoms with E-state index in [1.807, 2.05) is 42.6 Å². The predicted molar refractivity (Wildman–Crippen MR) is 98.1 cm³/mol. The summed E-state index contributed by atoms with van der Waals surface area (Å²) in [6.45, 7) is 2.19. The molecule has 7 heteroatoms. The van der Waals surface area contributed by atoms with Gasteiger partial charge in [0.1, 0.15) is 6.04 Å². The maximum Gasteiger partial charge on any atom is 0.326 e. The summed E-state index contributed by atoms with van der Waals surface area (Å²) >= 11 is 1.50. The summed E-state index contributed by atoms with van der Waals surface area (Å²) in [6.07, 6.45) is 1.76. The van der Waals surface area contributed by atoms with E-state index >= 15 is 0 Å². The zero-order valence-corrected chi connectivity index (χ0v) is 14.9. The monoisotopic (exact) mass is 367 g/mol. The number of aromatic amines is 1. The van der Waals surface area contributed by atoms with Crippen molar-refractivity contribution in [2.45, 2.75) is 25.9 Å². The minimum Gasteiger partial charge on any atom is -0.480 e. The molecule has 1 atom stereocenters. The molecule has 6 nitrogen and oxygen atoms in total. The molecule has 0 unspecified atom stereocenters. The van der Waals surface area contributed by atoms with Gasteiger partial charge in [-0.15, -0.1) is 11.3 Å². The van der Waals surface area contributed by atoms with Gasteiger partial charge in [0.2, 0.25) is 0 Å². The molecular weight excluding hydrogens is 350 g/mol. The lowest BCUT2D eigenvalue weighted by atomic mass is 9.98. The molecule has 1 amide bonds. The van der Waals surface area contributed by atoms with Crippen LogP contribution in [0, 0.1) is 6.92 Å². The van der Waals surface area contributed by atoms with E-state index in [-0.39, 0.29) is 18.9 Å². The van der Waals surface area contributed by atoms with Gasteiger partial charge in [-0.1, -0.05) is 30.3 Å². The number of H-pyrrole nitrogens is 1. The number of rotatable bonds is 3. The van der Waals surface area contributed by atoms with Crippen LogP contribution in [0.4, 0.5) is 0 Å². The Hall–Kier alpha value is -2.93. The average Bonchev–Trinajstić information content (AvgIpc) is 3.26. The zero-order chi connectivity index (χ0) is 18.3. The van der Waals surface area contributed by atoms with E-state index in [0.29, 0.717) is 11.3 Å². The number of aryl methyl sites for hydroxylation is 1. The number of carboxylic acid groups (broad SMARTS) is 1. The lowest BCUT2D eigenvalue weighted by molar-refractivity contribution is -0.142. The molecule has 0 aliphatic carbocycles. The van der Waals surface area contributed by atoms with Crippen LogP contribution < -0.4 is 0 Å². The van der Waals surface area contributed by atoms with Gasteiger partial charge in [-0.3, -0.25) is 4.79 Å². The number of aliphatic carboxylic acids is 1. The maximum absolute atomic E-state index is 13.3. The van der Waals surface area contributed by atoms with Gasteiger partial charge < -0.3 is 15.0 Å². The van der Waals surface area contributed by atoms with Crippen molar-refractivity contribution >= 4 is 23.2 Å². The number of nitrogens with one attached hydrogen (secondary N) is 1. The highest BCUT2D eigenvalue weighted by atomic mass is 32.1. The number of hydrogen-bond acceptors (Lipinski definition) is 4. The van der Waals surface area contributed by atoms with Crippen LogP contribution in [-0.4, -0.2) is 37.9 Å². The number of nitrogens with zero attached hydrogens (tertiary/aromatic N) is 2. The van der Waals surface area contributed by atoms with Crippen LogP contribution in [-0.2, 0) is 17.8 Å². The molecule has 0 radical (unpaired) electrons. The Balaban J connectivity index is 1.75. The van der Waals surface area contributed by atoms with E-state index in [4.69, 9.17) is 0 Å². The van der Waals surface area contributed by atoms with E-state index in [0.717, 1.165) is 21.7 Å². The number of carboxylic acids is 1. The Labute approximate surface area is 154 Å². The van der Waals surface area contributed by atoms with E-state index in [2.05, 4.69) is 9.97 Å². The lowest BCUT2D eigenvalue weighted by Gasteiger charge is -2.32. The molecule has 4 rings (SSSR count). The second kappa shape index (κ2) is 6.42. The van der Waals surface area contributed by atoms with Crippen molar-refractivity contribution in [3.63, 3.8) is 0 Å². The second-order valence-corrected chi connectivity index (χ2v) is 7.35. The fraction of sp³-hybridized carbons (Fsp3) is 0.211. The number of benzene rings is 1. The van der Waals surface area contributed by atoms with Crippen LogP contribution >= 0.6 is 11.3 Å². The molecule has 2 aromatic heterocycles. The molecule has 26 heavy (non-hydrogen) atoms. The highest BCUT2D eigenvalue weighted by Gasteiger charge is 2.37. The van der Waals surface area contributed by atoms with E-state index in [1.54, 1.807) is 6.33 Å². The quantitative estimate of drug-likeness (QED) is 0.745. The van der Waals surface area contributed by atoms with Crippen LogP contribution in [0.15, 0.2) is 42.0 Å². The van der Waals surface area contributed by atoms with Gasteiger partial charge in [0, 0.05) is 22.2 Å². The molecule has 0 bridgehead atoms. The lowest BCUT2D eigenvalue weighted by Crippen LogP contribution is -2.48. The number of carbonyl (C=O) groups is 2. The van der Waals surface area contributed by atoms with Gasteiger partial charge in [-0.2, -0.15) is 0 Å². The Morgan fingerprint density at radius 2 is 2.08 bits per heavy atom. The standard InChI is InChI=1S/C19H17N3O3S/c1-11-17(12-5-3-2-4-6-12)13(9-26-11)18(23)22-8-15-14(20-10-21-15)7-16(22)19(24)25/h2-6,9-10,16H,7-8H2,1H3,(H,20,21)(H,24,25)/t16-/m1/s1. The van der Waals surface area contributed by atoms with Gasteiger partial charge in [0.05, 0.1) is 29.8 Å². The summed E-state index contributed by atoms with van der Waals surface area (Å²) in [6, 6.07) is 8.80. The van der Waals surface area contributed by atoms with Gasteiger partial charge in [0.25, 0.3) is 5.91 Å². The summed E-state index contributed by atoms with van der Waals surface area (Å²) < 4.78 is 0. The molecule has 1 aromatic carbocycles. The van der Waals surface area contributed by atoms with Crippen LogP contribution in [0.3, 0.4) is 0 Å². The molecule has 1 aliphatic rings. The van der Waals surface area contributed by atoms with Gasteiger partial charge in [0.15, 0.2) is 0 Å². The third kappa shape index (κ3) is 2.70. The van der Waals surface area contributed by atoms with E-state index in [9.17, 15) is 14.7 Å². The number of imidazole rings is 1. The largest absolute Gasteiger partial charge is 0.480 e. The summed E-state index contributed by atoms with van der Waals surface area (Å²) in [5.41, 5.74) is 3.89. The Morgan fingerprint density at radius 3 is 2.81 bits per heavy atom. The van der Waals surface area contributed by atoms with Gasteiger partial charge in [-0.25, -0.2) is 9.78 Å². The fourth-order valence-corrected chi connectivity index (χ4v) is 4.26. The molecule has 3 aromatic rings. The van der Waals surface area contributed by atoms with Gasteiger partial charge in [-0.05, 0) is 12.5 Å². The number of hydrogen-bond donors (Lipinski definition) is 2. The number of carbonyl (C=O) groups excluding carboxylic acids is 1. The minimum absolute atomic E-state index is 0.212. The minimum atomic E-state index is -1.01. The first-order valence-electron chi connectivity index (χ1n) is 8.24. The number of aromatic nitrogens is 2. The van der Waals surface area contributed by atoms with Crippen molar-refractivity contribution in [2.75, 3.05) is 0 Å². The molecule has 3 heterocycles. The average molecular weight is 367 g/mol. The topological polar surface area (TPSA) is 86.3 Å². The van der Waals surface area contributed by atoms with Crippen LogP contribution in [0.25, 0.3) is 11.1 Å². The molecule has 0 saturated heterocycles. The Morgan fingerprint density at radius 1 is 1.31 bits per heavy atom. The van der Waals surface area contributed by atoms with Gasteiger partial charge >= 0.3 is 5.97 Å². The van der Waals surface area contributed by atoms with E-state index in [1.165, 1.54) is 16.2 Å². The summed E-state index contributed by atoms with van der Waals surface area (Å²) in [5.74, 6) is -1.28. The molecule has 1 aliphatic heterocycles. The molecule has 0 fully saturated rings.